The molecule has 3 nitrogen and oxygen atoms in total. The molecule has 2 aromatic carbocycles. The van der Waals surface area contributed by atoms with Gasteiger partial charge in [0, 0.05) is 10.6 Å². The zero-order valence-corrected chi connectivity index (χ0v) is 18.9. The molecule has 0 aliphatic heterocycles. The lowest BCUT2D eigenvalue weighted by atomic mass is 10.1. The van der Waals surface area contributed by atoms with Gasteiger partial charge in [-0.05, 0) is 55.4 Å². The molecule has 1 aliphatic carbocycles. The Kier molecular flexibility index (Phi) is 5.25. The van der Waals surface area contributed by atoms with E-state index < -0.39 is 0 Å². The van der Waals surface area contributed by atoms with Crippen molar-refractivity contribution in [3.05, 3.63) is 91.6 Å². The smallest absolute Gasteiger partial charge is 0.263 e. The molecule has 0 spiro atoms. The third-order valence-corrected chi connectivity index (χ3v) is 8.04. The van der Waals surface area contributed by atoms with Gasteiger partial charge in [-0.25, -0.2) is 4.98 Å². The third-order valence-electron chi connectivity index (χ3n) is 5.83. The van der Waals surface area contributed by atoms with Gasteiger partial charge in [-0.15, -0.1) is 11.3 Å². The van der Waals surface area contributed by atoms with Crippen molar-refractivity contribution in [2.45, 2.75) is 50.6 Å². The van der Waals surface area contributed by atoms with E-state index in [1.54, 1.807) is 23.1 Å². The van der Waals surface area contributed by atoms with Crippen LogP contribution in [-0.4, -0.2) is 9.55 Å². The molecule has 0 N–H and O–H groups in total. The maximum Gasteiger partial charge on any atom is 0.263 e. The first-order valence-electron chi connectivity index (χ1n) is 10.4. The monoisotopic (exact) mass is 432 g/mol. The van der Waals surface area contributed by atoms with Crippen LogP contribution in [0, 0.1) is 13.8 Å². The van der Waals surface area contributed by atoms with Gasteiger partial charge in [0.1, 0.15) is 4.83 Å². The predicted octanol–water partition coefficient (Wildman–Crippen LogP) is 5.90. The standard InChI is InChI=1S/C25H24N2OS2/c1-16-11-12-19(17(2)13-16)15-29-25-26-23-22(20-9-6-10-21(20)30-23)24(28)27(25)14-18-7-4-3-5-8-18/h3-5,7-8,11-13H,6,9-10,14-15H2,1-2H3. The second-order valence-electron chi connectivity index (χ2n) is 8.03. The van der Waals surface area contributed by atoms with Gasteiger partial charge in [0.25, 0.3) is 5.56 Å². The molecule has 2 aromatic heterocycles. The molecule has 30 heavy (non-hydrogen) atoms. The van der Waals surface area contributed by atoms with E-state index in [1.165, 1.54) is 27.1 Å². The van der Waals surface area contributed by atoms with Crippen LogP contribution in [0.5, 0.6) is 0 Å². The molecule has 5 heteroatoms. The minimum Gasteiger partial charge on any atom is -0.283 e. The predicted molar refractivity (Wildman–Crippen MR) is 127 cm³/mol. The van der Waals surface area contributed by atoms with E-state index in [4.69, 9.17) is 4.98 Å². The molecule has 0 unspecified atom stereocenters. The van der Waals surface area contributed by atoms with Crippen LogP contribution in [0.3, 0.4) is 0 Å². The van der Waals surface area contributed by atoms with Crippen molar-refractivity contribution in [2.24, 2.45) is 0 Å². The number of aryl methyl sites for hydroxylation is 4. The molecule has 4 aromatic rings. The maximum absolute atomic E-state index is 13.6. The molecule has 0 saturated carbocycles. The average Bonchev–Trinajstić information content (AvgIpc) is 3.31. The van der Waals surface area contributed by atoms with Crippen molar-refractivity contribution in [1.82, 2.24) is 9.55 Å². The van der Waals surface area contributed by atoms with E-state index in [-0.39, 0.29) is 5.56 Å². The van der Waals surface area contributed by atoms with Crippen molar-refractivity contribution in [1.29, 1.82) is 0 Å². The van der Waals surface area contributed by atoms with Crippen LogP contribution < -0.4 is 5.56 Å². The lowest BCUT2D eigenvalue weighted by Gasteiger charge is -2.13. The number of nitrogens with zero attached hydrogens (tertiary/aromatic N) is 2. The summed E-state index contributed by atoms with van der Waals surface area (Å²) in [7, 11) is 0. The van der Waals surface area contributed by atoms with Gasteiger partial charge in [-0.3, -0.25) is 9.36 Å². The topological polar surface area (TPSA) is 34.9 Å². The second kappa shape index (κ2) is 8.05. The van der Waals surface area contributed by atoms with E-state index in [2.05, 4.69) is 44.2 Å². The van der Waals surface area contributed by atoms with E-state index >= 15 is 0 Å². The Balaban J connectivity index is 1.58. The Labute approximate surface area is 184 Å². The molecule has 152 valence electrons. The highest BCUT2D eigenvalue weighted by Gasteiger charge is 2.23. The summed E-state index contributed by atoms with van der Waals surface area (Å²) < 4.78 is 1.89. The van der Waals surface area contributed by atoms with Crippen molar-refractivity contribution < 1.29 is 0 Å². The Morgan fingerprint density at radius 2 is 1.93 bits per heavy atom. The summed E-state index contributed by atoms with van der Waals surface area (Å²) >= 11 is 3.39. The number of hydrogen-bond acceptors (Lipinski definition) is 4. The van der Waals surface area contributed by atoms with Gasteiger partial charge >= 0.3 is 0 Å². The zero-order chi connectivity index (χ0) is 20.7. The summed E-state index contributed by atoms with van der Waals surface area (Å²) in [5.41, 5.74) is 6.35. The van der Waals surface area contributed by atoms with Crippen molar-refractivity contribution in [3.8, 4) is 0 Å². The summed E-state index contributed by atoms with van der Waals surface area (Å²) in [6.45, 7) is 4.83. The lowest BCUT2D eigenvalue weighted by molar-refractivity contribution is 0.658. The van der Waals surface area contributed by atoms with Gasteiger partial charge in [0.2, 0.25) is 0 Å². The first-order chi connectivity index (χ1) is 14.6. The normalized spacial score (nSPS) is 13.1. The molecule has 0 saturated heterocycles. The highest BCUT2D eigenvalue weighted by atomic mass is 32.2. The van der Waals surface area contributed by atoms with Crippen molar-refractivity contribution in [3.63, 3.8) is 0 Å². The number of benzene rings is 2. The molecule has 0 radical (unpaired) electrons. The summed E-state index contributed by atoms with van der Waals surface area (Å²) in [6.07, 6.45) is 3.24. The Bertz CT molecular complexity index is 1290. The van der Waals surface area contributed by atoms with Gasteiger partial charge in [0.15, 0.2) is 5.16 Å². The van der Waals surface area contributed by atoms with Crippen LogP contribution in [0.2, 0.25) is 0 Å². The van der Waals surface area contributed by atoms with Crippen LogP contribution in [0.25, 0.3) is 10.2 Å². The molecule has 5 rings (SSSR count). The summed E-state index contributed by atoms with van der Waals surface area (Å²) in [4.78, 5) is 20.9. The van der Waals surface area contributed by atoms with Crippen LogP contribution in [0.1, 0.15) is 39.1 Å². The minimum atomic E-state index is 0.117. The quantitative estimate of drug-likeness (QED) is 0.291. The van der Waals surface area contributed by atoms with Gasteiger partial charge in [0.05, 0.1) is 11.9 Å². The van der Waals surface area contributed by atoms with Gasteiger partial charge < -0.3 is 0 Å². The fraction of sp³-hybridized carbons (Fsp3) is 0.280. The molecular formula is C25H24N2OS2. The van der Waals surface area contributed by atoms with E-state index in [9.17, 15) is 4.79 Å². The van der Waals surface area contributed by atoms with E-state index in [0.717, 1.165) is 46.0 Å². The second-order valence-corrected chi connectivity index (χ2v) is 10.1. The third kappa shape index (κ3) is 3.61. The lowest BCUT2D eigenvalue weighted by Crippen LogP contribution is -2.24. The number of thiophene rings is 1. The first kappa shape index (κ1) is 19.6. The Hall–Kier alpha value is -2.37. The van der Waals surface area contributed by atoms with Crippen molar-refractivity contribution in [2.75, 3.05) is 0 Å². The Morgan fingerprint density at radius 1 is 1.10 bits per heavy atom. The van der Waals surface area contributed by atoms with E-state index in [0.29, 0.717) is 6.54 Å². The van der Waals surface area contributed by atoms with Crippen molar-refractivity contribution >= 4 is 33.3 Å². The fourth-order valence-electron chi connectivity index (χ4n) is 4.22. The number of hydrogen-bond donors (Lipinski definition) is 0. The number of thioether (sulfide) groups is 1. The number of aromatic nitrogens is 2. The molecule has 0 fully saturated rings. The van der Waals surface area contributed by atoms with Crippen LogP contribution >= 0.6 is 23.1 Å². The van der Waals surface area contributed by atoms with Gasteiger partial charge in [-0.1, -0.05) is 65.9 Å². The molecular weight excluding hydrogens is 408 g/mol. The first-order valence-corrected chi connectivity index (χ1v) is 12.2. The van der Waals surface area contributed by atoms with E-state index in [1.807, 2.05) is 22.8 Å². The van der Waals surface area contributed by atoms with Gasteiger partial charge in [-0.2, -0.15) is 0 Å². The van der Waals surface area contributed by atoms with Crippen LogP contribution in [0.4, 0.5) is 0 Å². The summed E-state index contributed by atoms with van der Waals surface area (Å²) in [5, 5.41) is 1.68. The highest BCUT2D eigenvalue weighted by Crippen LogP contribution is 2.36. The zero-order valence-electron chi connectivity index (χ0n) is 17.3. The molecule has 2 heterocycles. The Morgan fingerprint density at radius 3 is 2.73 bits per heavy atom. The summed E-state index contributed by atoms with van der Waals surface area (Å²) in [6, 6.07) is 16.8. The van der Waals surface area contributed by atoms with Crippen LogP contribution in [-0.2, 0) is 25.1 Å². The SMILES string of the molecule is Cc1ccc(CSc2nc3sc4c(c3c(=O)n2Cc2ccccc2)CCC4)c(C)c1. The molecule has 0 bridgehead atoms. The van der Waals surface area contributed by atoms with Crippen LogP contribution in [0.15, 0.2) is 58.5 Å². The minimum absolute atomic E-state index is 0.117. The average molecular weight is 433 g/mol. The molecule has 0 amide bonds. The number of rotatable bonds is 5. The largest absolute Gasteiger partial charge is 0.283 e. The fourth-order valence-corrected chi connectivity index (χ4v) is 6.60. The summed E-state index contributed by atoms with van der Waals surface area (Å²) in [5.74, 6) is 0.809. The maximum atomic E-state index is 13.6. The highest BCUT2D eigenvalue weighted by molar-refractivity contribution is 7.98. The molecule has 1 aliphatic rings. The number of fused-ring (bicyclic) bond motifs is 3. The molecule has 0 atom stereocenters.